The van der Waals surface area contributed by atoms with E-state index in [2.05, 4.69) is 29.8 Å². The van der Waals surface area contributed by atoms with E-state index in [1.807, 2.05) is 24.3 Å². The van der Waals surface area contributed by atoms with Crippen LogP contribution in [0.1, 0.15) is 19.8 Å². The van der Waals surface area contributed by atoms with Crippen molar-refractivity contribution >= 4 is 28.1 Å². The molecule has 0 amide bonds. The van der Waals surface area contributed by atoms with Crippen molar-refractivity contribution in [3.8, 4) is 10.7 Å². The third-order valence-corrected chi connectivity index (χ3v) is 5.10. The average molecular weight is 325 g/mol. The smallest absolute Gasteiger partial charge is 0.172 e. The third-order valence-electron chi connectivity index (χ3n) is 4.23. The largest absolute Gasteiger partial charge is 0.376 e. The van der Waals surface area contributed by atoms with Gasteiger partial charge in [-0.05, 0) is 43.3 Å². The minimum Gasteiger partial charge on any atom is -0.376 e. The van der Waals surface area contributed by atoms with Gasteiger partial charge in [-0.2, -0.15) is 0 Å². The number of anilines is 1. The maximum atomic E-state index is 5.80. The molecule has 1 aromatic carbocycles. The summed E-state index contributed by atoms with van der Waals surface area (Å²) in [6.07, 6.45) is 2.50. The Hall–Kier alpha value is -1.98. The Labute approximate surface area is 139 Å². The summed E-state index contributed by atoms with van der Waals surface area (Å²) in [6.45, 7) is 3.03. The topological polar surface area (TPSA) is 47.0 Å². The van der Waals surface area contributed by atoms with Gasteiger partial charge in [0.25, 0.3) is 0 Å². The summed E-state index contributed by atoms with van der Waals surface area (Å²) in [4.78, 5) is 10.6. The molecule has 4 nitrogen and oxygen atoms in total. The Morgan fingerprint density at radius 2 is 2.13 bits per heavy atom. The van der Waals surface area contributed by atoms with Crippen LogP contribution in [0.4, 0.5) is 5.82 Å². The lowest BCUT2D eigenvalue weighted by Gasteiger charge is -2.21. The fourth-order valence-electron chi connectivity index (χ4n) is 3.01. The standard InChI is InChI=1S/C18H19N3OS/c1-12(15-8-4-10-22-15)19-17-13-6-2-3-7-14(13)20-18(21-17)16-9-5-11-23-16/h2-3,5-7,9,11-12,15H,4,8,10H2,1H3,(H,19,20,21)/t12-,15-/m0/s1. The molecule has 1 aliphatic heterocycles. The van der Waals surface area contributed by atoms with Crippen LogP contribution in [0.5, 0.6) is 0 Å². The Morgan fingerprint density at radius 3 is 2.91 bits per heavy atom. The molecule has 0 radical (unpaired) electrons. The minimum atomic E-state index is 0.229. The molecule has 0 unspecified atom stereocenters. The van der Waals surface area contributed by atoms with E-state index in [0.717, 1.165) is 46.9 Å². The molecule has 4 rings (SSSR count). The maximum absolute atomic E-state index is 5.80. The SMILES string of the molecule is C[C@H](Nc1nc(-c2cccs2)nc2ccccc12)[C@@H]1CCCO1. The van der Waals surface area contributed by atoms with Gasteiger partial charge in [0.15, 0.2) is 5.82 Å². The fraction of sp³-hybridized carbons (Fsp3) is 0.333. The van der Waals surface area contributed by atoms with Crippen LogP contribution in [0, 0.1) is 0 Å². The first-order valence-corrected chi connectivity index (χ1v) is 8.88. The van der Waals surface area contributed by atoms with Crippen LogP contribution in [0.15, 0.2) is 41.8 Å². The quantitative estimate of drug-likeness (QED) is 0.775. The molecule has 2 aromatic heterocycles. The molecule has 0 aliphatic carbocycles. The summed E-state index contributed by atoms with van der Waals surface area (Å²) in [5.41, 5.74) is 0.966. The molecule has 0 spiro atoms. The molecule has 3 aromatic rings. The molecule has 118 valence electrons. The molecule has 0 saturated carbocycles. The van der Waals surface area contributed by atoms with Crippen molar-refractivity contribution in [3.63, 3.8) is 0 Å². The van der Waals surface area contributed by atoms with Crippen LogP contribution in [-0.4, -0.2) is 28.7 Å². The Kier molecular flexibility index (Phi) is 3.97. The molecule has 1 N–H and O–H groups in total. The van der Waals surface area contributed by atoms with Gasteiger partial charge >= 0.3 is 0 Å². The number of ether oxygens (including phenoxy) is 1. The number of rotatable bonds is 4. The summed E-state index contributed by atoms with van der Waals surface area (Å²) in [5, 5.41) is 6.66. The van der Waals surface area contributed by atoms with Gasteiger partial charge in [-0.1, -0.05) is 18.2 Å². The highest BCUT2D eigenvalue weighted by Crippen LogP contribution is 2.28. The van der Waals surface area contributed by atoms with Crippen molar-refractivity contribution in [1.29, 1.82) is 0 Å². The number of aromatic nitrogens is 2. The van der Waals surface area contributed by atoms with E-state index in [9.17, 15) is 0 Å². The lowest BCUT2D eigenvalue weighted by molar-refractivity contribution is 0.0996. The van der Waals surface area contributed by atoms with Gasteiger partial charge in [0.05, 0.1) is 22.5 Å². The van der Waals surface area contributed by atoms with Crippen molar-refractivity contribution in [2.24, 2.45) is 0 Å². The van der Waals surface area contributed by atoms with E-state index in [-0.39, 0.29) is 12.1 Å². The predicted molar refractivity (Wildman–Crippen MR) is 94.9 cm³/mol. The van der Waals surface area contributed by atoms with E-state index in [0.29, 0.717) is 0 Å². The average Bonchev–Trinajstić information content (AvgIpc) is 3.28. The third kappa shape index (κ3) is 2.94. The Balaban J connectivity index is 1.74. The van der Waals surface area contributed by atoms with Crippen molar-refractivity contribution in [1.82, 2.24) is 9.97 Å². The lowest BCUT2D eigenvalue weighted by atomic mass is 10.1. The predicted octanol–water partition coefficient (Wildman–Crippen LogP) is 4.34. The van der Waals surface area contributed by atoms with E-state index in [1.165, 1.54) is 0 Å². The van der Waals surface area contributed by atoms with Crippen LogP contribution in [0.3, 0.4) is 0 Å². The number of nitrogens with one attached hydrogen (secondary N) is 1. The number of nitrogens with zero attached hydrogens (tertiary/aromatic N) is 2. The Morgan fingerprint density at radius 1 is 1.22 bits per heavy atom. The molecule has 0 bridgehead atoms. The van der Waals surface area contributed by atoms with Gasteiger partial charge in [0.2, 0.25) is 0 Å². The van der Waals surface area contributed by atoms with Crippen molar-refractivity contribution in [2.75, 3.05) is 11.9 Å². The zero-order valence-corrected chi connectivity index (χ0v) is 13.8. The maximum Gasteiger partial charge on any atom is 0.172 e. The molecular weight excluding hydrogens is 306 g/mol. The van der Waals surface area contributed by atoms with Gasteiger partial charge in [-0.15, -0.1) is 11.3 Å². The highest BCUT2D eigenvalue weighted by Gasteiger charge is 2.23. The number of benzene rings is 1. The van der Waals surface area contributed by atoms with Crippen LogP contribution in [-0.2, 0) is 4.74 Å². The van der Waals surface area contributed by atoms with Gasteiger partial charge in [-0.3, -0.25) is 0 Å². The first-order valence-electron chi connectivity index (χ1n) is 8.00. The normalized spacial score (nSPS) is 19.1. The molecule has 23 heavy (non-hydrogen) atoms. The number of hydrogen-bond acceptors (Lipinski definition) is 5. The molecule has 5 heteroatoms. The van der Waals surface area contributed by atoms with E-state index >= 15 is 0 Å². The summed E-state index contributed by atoms with van der Waals surface area (Å²) in [6, 6.07) is 12.5. The molecule has 1 saturated heterocycles. The molecule has 1 aliphatic rings. The van der Waals surface area contributed by atoms with Crippen LogP contribution < -0.4 is 5.32 Å². The minimum absolute atomic E-state index is 0.229. The highest BCUT2D eigenvalue weighted by atomic mass is 32.1. The van der Waals surface area contributed by atoms with Crippen molar-refractivity contribution in [3.05, 3.63) is 41.8 Å². The number of para-hydroxylation sites is 1. The van der Waals surface area contributed by atoms with Gasteiger partial charge in [0.1, 0.15) is 5.82 Å². The van der Waals surface area contributed by atoms with Crippen molar-refractivity contribution < 1.29 is 4.74 Å². The molecule has 2 atom stereocenters. The second kappa shape index (κ2) is 6.26. The van der Waals surface area contributed by atoms with Crippen LogP contribution in [0.25, 0.3) is 21.6 Å². The molecular formula is C18H19N3OS. The summed E-state index contributed by atoms with van der Waals surface area (Å²) >= 11 is 1.66. The first-order chi connectivity index (χ1) is 11.3. The van der Waals surface area contributed by atoms with E-state index in [1.54, 1.807) is 11.3 Å². The summed E-state index contributed by atoms with van der Waals surface area (Å²) < 4.78 is 5.80. The molecule has 3 heterocycles. The second-order valence-electron chi connectivity index (χ2n) is 5.87. The first kappa shape index (κ1) is 14.6. The second-order valence-corrected chi connectivity index (χ2v) is 6.82. The summed E-state index contributed by atoms with van der Waals surface area (Å²) in [7, 11) is 0. The van der Waals surface area contributed by atoms with Crippen LogP contribution >= 0.6 is 11.3 Å². The Bertz CT molecular complexity index is 797. The monoisotopic (exact) mass is 325 g/mol. The zero-order valence-electron chi connectivity index (χ0n) is 13.0. The van der Waals surface area contributed by atoms with E-state index < -0.39 is 0 Å². The number of hydrogen-bond donors (Lipinski definition) is 1. The summed E-state index contributed by atoms with van der Waals surface area (Å²) in [5.74, 6) is 1.67. The lowest BCUT2D eigenvalue weighted by Crippen LogP contribution is -2.30. The highest BCUT2D eigenvalue weighted by molar-refractivity contribution is 7.13. The number of fused-ring (bicyclic) bond motifs is 1. The molecule has 1 fully saturated rings. The number of thiophene rings is 1. The van der Waals surface area contributed by atoms with Gasteiger partial charge < -0.3 is 10.1 Å². The fourth-order valence-corrected chi connectivity index (χ4v) is 3.67. The van der Waals surface area contributed by atoms with Crippen molar-refractivity contribution in [2.45, 2.75) is 31.9 Å². The van der Waals surface area contributed by atoms with Crippen LogP contribution in [0.2, 0.25) is 0 Å². The van der Waals surface area contributed by atoms with Gasteiger partial charge in [0, 0.05) is 12.0 Å². The van der Waals surface area contributed by atoms with Gasteiger partial charge in [-0.25, -0.2) is 9.97 Å². The van der Waals surface area contributed by atoms with E-state index in [4.69, 9.17) is 14.7 Å². The zero-order chi connectivity index (χ0) is 15.6.